The summed E-state index contributed by atoms with van der Waals surface area (Å²) in [4.78, 5) is 23.9. The van der Waals surface area contributed by atoms with E-state index in [1.54, 1.807) is 29.0 Å². The van der Waals surface area contributed by atoms with Crippen LogP contribution < -0.4 is 10.6 Å². The zero-order valence-electron chi connectivity index (χ0n) is 21.9. The van der Waals surface area contributed by atoms with Crippen molar-refractivity contribution in [2.75, 3.05) is 37.9 Å². The van der Waals surface area contributed by atoms with Crippen LogP contribution in [0.1, 0.15) is 61.3 Å². The molecule has 10 nitrogen and oxygen atoms in total. The number of hydrogen-bond acceptors (Lipinski definition) is 8. The normalized spacial score (nSPS) is 18.3. The number of methoxy groups -OCH3 is 1. The minimum atomic E-state index is -0.250. The van der Waals surface area contributed by atoms with Crippen LogP contribution in [0, 0.1) is 11.3 Å². The van der Waals surface area contributed by atoms with E-state index in [1.165, 1.54) is 0 Å². The summed E-state index contributed by atoms with van der Waals surface area (Å²) in [6, 6.07) is 10.1. The molecule has 1 aliphatic carbocycles. The maximum absolute atomic E-state index is 13.1. The number of carbonyl (C=O) groups is 1. The molecule has 0 spiro atoms. The standard InChI is InChI=1S/C27H32N8O2/c1-16(2)35-22(25(36)34(4)19-6-7-19)12-23(33-35)32-26-29-9-8-21(31-26)17-10-18(13-28)24-20(11-17)27(3,14-30-24)15-37-5/h8-12,16,19,30H,6-7,14-15H2,1-5H3,(H,29,31,32,33)/t27-/m1/s1. The van der Waals surface area contributed by atoms with Crippen LogP contribution in [0.25, 0.3) is 11.3 Å². The van der Waals surface area contributed by atoms with Gasteiger partial charge >= 0.3 is 0 Å². The second kappa shape index (κ2) is 9.48. The molecular formula is C27H32N8O2. The van der Waals surface area contributed by atoms with Gasteiger partial charge in [-0.3, -0.25) is 9.48 Å². The number of anilines is 3. The van der Waals surface area contributed by atoms with Crippen LogP contribution in [-0.4, -0.2) is 63.9 Å². The van der Waals surface area contributed by atoms with Crippen molar-refractivity contribution in [2.45, 2.75) is 51.1 Å². The molecule has 0 saturated heterocycles. The average molecular weight is 501 g/mol. The molecule has 3 heterocycles. The lowest BCUT2D eigenvalue weighted by molar-refractivity contribution is 0.0770. The van der Waals surface area contributed by atoms with E-state index in [0.29, 0.717) is 47.9 Å². The van der Waals surface area contributed by atoms with Gasteiger partial charge in [0.2, 0.25) is 5.95 Å². The quantitative estimate of drug-likeness (QED) is 0.474. The van der Waals surface area contributed by atoms with E-state index in [-0.39, 0.29) is 17.4 Å². The van der Waals surface area contributed by atoms with Crippen LogP contribution in [0.4, 0.5) is 17.5 Å². The van der Waals surface area contributed by atoms with Gasteiger partial charge in [-0.1, -0.05) is 6.92 Å². The zero-order chi connectivity index (χ0) is 26.3. The van der Waals surface area contributed by atoms with Gasteiger partial charge in [-0.2, -0.15) is 10.4 Å². The average Bonchev–Trinajstić information content (AvgIpc) is 3.57. The van der Waals surface area contributed by atoms with Gasteiger partial charge in [0.05, 0.1) is 23.6 Å². The molecule has 2 aromatic heterocycles. The maximum atomic E-state index is 13.1. The second-order valence-electron chi connectivity index (χ2n) is 10.4. The molecule has 1 fully saturated rings. The smallest absolute Gasteiger partial charge is 0.272 e. The van der Waals surface area contributed by atoms with Crippen LogP contribution in [0.5, 0.6) is 0 Å². The SMILES string of the molecule is COC[C@@]1(C)CNc2c(C#N)cc(-c3ccnc(Nc4cc(C(=O)N(C)C5CC5)n(C(C)C)n4)n3)cc21. The summed E-state index contributed by atoms with van der Waals surface area (Å²) in [7, 11) is 3.53. The van der Waals surface area contributed by atoms with Gasteiger partial charge in [0, 0.05) is 56.0 Å². The zero-order valence-corrected chi connectivity index (χ0v) is 21.9. The first-order valence-electron chi connectivity index (χ1n) is 12.5. The van der Waals surface area contributed by atoms with Gasteiger partial charge < -0.3 is 20.3 Å². The first-order chi connectivity index (χ1) is 17.7. The Balaban J connectivity index is 1.46. The maximum Gasteiger partial charge on any atom is 0.272 e. The third-order valence-electron chi connectivity index (χ3n) is 7.08. The van der Waals surface area contributed by atoms with E-state index in [9.17, 15) is 10.1 Å². The lowest BCUT2D eigenvalue weighted by Crippen LogP contribution is -2.31. The lowest BCUT2D eigenvalue weighted by atomic mass is 9.83. The summed E-state index contributed by atoms with van der Waals surface area (Å²) >= 11 is 0. The van der Waals surface area contributed by atoms with Crippen molar-refractivity contribution in [2.24, 2.45) is 0 Å². The highest BCUT2D eigenvalue weighted by Crippen LogP contribution is 2.41. The van der Waals surface area contributed by atoms with Crippen LogP contribution in [0.15, 0.2) is 30.5 Å². The Morgan fingerprint density at radius 3 is 2.84 bits per heavy atom. The predicted octanol–water partition coefficient (Wildman–Crippen LogP) is 4.10. The number of amides is 1. The molecule has 0 radical (unpaired) electrons. The van der Waals surface area contributed by atoms with Crippen molar-refractivity contribution in [3.05, 3.63) is 47.3 Å². The third kappa shape index (κ3) is 4.62. The summed E-state index contributed by atoms with van der Waals surface area (Å²) in [6.45, 7) is 7.34. The fraction of sp³-hybridized carbons (Fsp3) is 0.444. The van der Waals surface area contributed by atoms with E-state index in [1.807, 2.05) is 33.0 Å². The Bertz CT molecular complexity index is 1390. The molecular weight excluding hydrogens is 468 g/mol. The fourth-order valence-corrected chi connectivity index (χ4v) is 4.88. The summed E-state index contributed by atoms with van der Waals surface area (Å²) < 4.78 is 7.20. The Kier molecular flexibility index (Phi) is 6.33. The highest BCUT2D eigenvalue weighted by atomic mass is 16.5. The molecule has 37 heavy (non-hydrogen) atoms. The van der Waals surface area contributed by atoms with E-state index < -0.39 is 0 Å². The van der Waals surface area contributed by atoms with Crippen LogP contribution in [0.3, 0.4) is 0 Å². The molecule has 10 heteroatoms. The first kappa shape index (κ1) is 24.7. The number of rotatable bonds is 8. The number of benzene rings is 1. The minimum absolute atomic E-state index is 0.0141. The molecule has 1 aromatic carbocycles. The number of aromatic nitrogens is 4. The van der Waals surface area contributed by atoms with E-state index in [4.69, 9.17) is 9.72 Å². The first-order valence-corrected chi connectivity index (χ1v) is 12.5. The van der Waals surface area contributed by atoms with E-state index >= 15 is 0 Å². The van der Waals surface area contributed by atoms with Gasteiger partial charge in [-0.25, -0.2) is 9.97 Å². The summed E-state index contributed by atoms with van der Waals surface area (Å²) in [5.74, 6) is 0.820. The van der Waals surface area contributed by atoms with Gasteiger partial charge in [-0.15, -0.1) is 0 Å². The van der Waals surface area contributed by atoms with Crippen LogP contribution in [0.2, 0.25) is 0 Å². The molecule has 1 amide bonds. The van der Waals surface area contributed by atoms with Crippen molar-refractivity contribution < 1.29 is 9.53 Å². The monoisotopic (exact) mass is 500 g/mol. The van der Waals surface area contributed by atoms with Crippen molar-refractivity contribution in [1.29, 1.82) is 5.26 Å². The molecule has 0 unspecified atom stereocenters. The second-order valence-corrected chi connectivity index (χ2v) is 10.4. The Labute approximate surface area is 216 Å². The van der Waals surface area contributed by atoms with Crippen molar-refractivity contribution in [1.82, 2.24) is 24.6 Å². The Morgan fingerprint density at radius 1 is 1.38 bits per heavy atom. The number of ether oxygens (including phenoxy) is 1. The number of nitrogens with zero attached hydrogens (tertiary/aromatic N) is 6. The number of fused-ring (bicyclic) bond motifs is 1. The molecule has 3 aromatic rings. The Morgan fingerprint density at radius 2 is 2.16 bits per heavy atom. The third-order valence-corrected chi connectivity index (χ3v) is 7.08. The number of carbonyl (C=O) groups excluding carboxylic acids is 1. The van der Waals surface area contributed by atoms with Gasteiger partial charge in [0.1, 0.15) is 11.8 Å². The van der Waals surface area contributed by atoms with Gasteiger partial charge in [0.25, 0.3) is 5.91 Å². The number of nitriles is 1. The lowest BCUT2D eigenvalue weighted by Gasteiger charge is -2.23. The molecule has 192 valence electrons. The van der Waals surface area contributed by atoms with Gasteiger partial charge in [-0.05, 0) is 50.5 Å². The Hall–Kier alpha value is -3.97. The summed E-state index contributed by atoms with van der Waals surface area (Å²) in [6.07, 6.45) is 3.75. The fourth-order valence-electron chi connectivity index (χ4n) is 4.88. The van der Waals surface area contributed by atoms with Gasteiger partial charge in [0.15, 0.2) is 5.82 Å². The van der Waals surface area contributed by atoms with Crippen molar-refractivity contribution in [3.8, 4) is 17.3 Å². The number of nitrogens with one attached hydrogen (secondary N) is 2. The van der Waals surface area contributed by atoms with Crippen molar-refractivity contribution in [3.63, 3.8) is 0 Å². The summed E-state index contributed by atoms with van der Waals surface area (Å²) in [5, 5.41) is 21.0. The number of hydrogen-bond donors (Lipinski definition) is 2. The van der Waals surface area contributed by atoms with E-state index in [0.717, 1.165) is 29.7 Å². The van der Waals surface area contributed by atoms with Crippen molar-refractivity contribution >= 4 is 23.4 Å². The molecule has 2 N–H and O–H groups in total. The molecule has 1 aliphatic heterocycles. The minimum Gasteiger partial charge on any atom is -0.384 e. The molecule has 2 aliphatic rings. The molecule has 5 rings (SSSR count). The van der Waals surface area contributed by atoms with Crippen LogP contribution >= 0.6 is 0 Å². The molecule has 1 saturated carbocycles. The van der Waals surface area contributed by atoms with Crippen LogP contribution in [-0.2, 0) is 10.2 Å². The topological polar surface area (TPSA) is 121 Å². The van der Waals surface area contributed by atoms with E-state index in [2.05, 4.69) is 39.8 Å². The summed E-state index contributed by atoms with van der Waals surface area (Å²) in [5.41, 5.74) is 4.24. The largest absolute Gasteiger partial charge is 0.384 e. The highest BCUT2D eigenvalue weighted by molar-refractivity contribution is 5.94. The molecule has 1 atom stereocenters. The highest BCUT2D eigenvalue weighted by Gasteiger charge is 2.36. The predicted molar refractivity (Wildman–Crippen MR) is 141 cm³/mol. The molecule has 0 bridgehead atoms.